The molecule has 0 aliphatic heterocycles. The molecule has 2 aromatic rings. The lowest BCUT2D eigenvalue weighted by Gasteiger charge is -2.18. The summed E-state index contributed by atoms with van der Waals surface area (Å²) in [6, 6.07) is 7.45. The maximum absolute atomic E-state index is 12.4. The number of aryl methyl sites for hydroxylation is 1. The third-order valence-corrected chi connectivity index (χ3v) is 3.30. The van der Waals surface area contributed by atoms with Crippen molar-refractivity contribution in [3.8, 4) is 0 Å². The predicted octanol–water partition coefficient (Wildman–Crippen LogP) is 2.68. The molecular formula is C15H17NO4. The summed E-state index contributed by atoms with van der Waals surface area (Å²) in [5.74, 6) is -0.890. The van der Waals surface area contributed by atoms with E-state index in [0.29, 0.717) is 17.9 Å². The van der Waals surface area contributed by atoms with Crippen LogP contribution in [0, 0.1) is 6.92 Å². The van der Waals surface area contributed by atoms with Gasteiger partial charge in [0.25, 0.3) is 5.91 Å². The first-order valence-corrected chi connectivity index (χ1v) is 6.53. The molecule has 0 saturated carbocycles. The minimum Gasteiger partial charge on any atom is -0.481 e. The molecule has 1 aromatic carbocycles. The quantitative estimate of drug-likeness (QED) is 0.910. The molecule has 2 rings (SSSR count). The van der Waals surface area contributed by atoms with Crippen LogP contribution < -0.4 is 0 Å². The minimum absolute atomic E-state index is 0.0706. The minimum atomic E-state index is -0.919. The van der Waals surface area contributed by atoms with Crippen LogP contribution in [0.1, 0.15) is 29.5 Å². The normalized spacial score (nSPS) is 10.7. The second-order valence-corrected chi connectivity index (χ2v) is 4.58. The molecule has 0 aliphatic rings. The molecule has 0 fully saturated rings. The first-order valence-electron chi connectivity index (χ1n) is 6.53. The lowest BCUT2D eigenvalue weighted by Crippen LogP contribution is -2.32. The van der Waals surface area contributed by atoms with Gasteiger partial charge in [-0.2, -0.15) is 0 Å². The number of hydrogen-bond acceptors (Lipinski definition) is 3. The van der Waals surface area contributed by atoms with E-state index in [0.717, 1.165) is 10.9 Å². The van der Waals surface area contributed by atoms with Gasteiger partial charge in [-0.3, -0.25) is 9.59 Å². The average molecular weight is 275 g/mol. The highest BCUT2D eigenvalue weighted by Gasteiger charge is 2.22. The van der Waals surface area contributed by atoms with E-state index in [9.17, 15) is 9.59 Å². The fourth-order valence-corrected chi connectivity index (χ4v) is 2.16. The number of carbonyl (C=O) groups excluding carboxylic acids is 1. The van der Waals surface area contributed by atoms with E-state index < -0.39 is 5.97 Å². The fourth-order valence-electron chi connectivity index (χ4n) is 2.16. The number of nitrogens with zero attached hydrogens (tertiary/aromatic N) is 1. The summed E-state index contributed by atoms with van der Waals surface area (Å²) in [5.41, 5.74) is 1.46. The summed E-state index contributed by atoms with van der Waals surface area (Å²) in [5, 5.41) is 9.63. The Bertz CT molecular complexity index is 644. The van der Waals surface area contributed by atoms with Crippen LogP contribution in [0.3, 0.4) is 0 Å². The van der Waals surface area contributed by atoms with Gasteiger partial charge in [0.2, 0.25) is 0 Å². The van der Waals surface area contributed by atoms with Crippen LogP contribution in [0.4, 0.5) is 0 Å². The largest absolute Gasteiger partial charge is 0.481 e. The molecule has 1 heterocycles. The number of carbonyl (C=O) groups is 2. The van der Waals surface area contributed by atoms with E-state index in [1.165, 1.54) is 4.90 Å². The Balaban J connectivity index is 2.29. The fraction of sp³-hybridized carbons (Fsp3) is 0.333. The maximum Gasteiger partial charge on any atom is 0.305 e. The number of rotatable bonds is 5. The molecule has 0 saturated heterocycles. The Morgan fingerprint density at radius 3 is 2.60 bits per heavy atom. The second kappa shape index (κ2) is 5.77. The van der Waals surface area contributed by atoms with Gasteiger partial charge in [0.1, 0.15) is 5.58 Å². The topological polar surface area (TPSA) is 70.8 Å². The lowest BCUT2D eigenvalue weighted by molar-refractivity contribution is -0.137. The molecule has 0 spiro atoms. The van der Waals surface area contributed by atoms with Gasteiger partial charge in [0.05, 0.1) is 6.42 Å². The molecule has 0 unspecified atom stereocenters. The van der Waals surface area contributed by atoms with Gasteiger partial charge in [0, 0.05) is 24.0 Å². The molecule has 1 N–H and O–H groups in total. The van der Waals surface area contributed by atoms with Crippen molar-refractivity contribution in [3.63, 3.8) is 0 Å². The van der Waals surface area contributed by atoms with Crippen molar-refractivity contribution in [1.82, 2.24) is 4.90 Å². The number of hydrogen-bond donors (Lipinski definition) is 1. The molecule has 0 bridgehead atoms. The third-order valence-electron chi connectivity index (χ3n) is 3.30. The predicted molar refractivity (Wildman–Crippen MR) is 74.8 cm³/mol. The van der Waals surface area contributed by atoms with Gasteiger partial charge in [-0.05, 0) is 19.9 Å². The van der Waals surface area contributed by atoms with Crippen molar-refractivity contribution in [2.24, 2.45) is 0 Å². The molecule has 20 heavy (non-hydrogen) atoms. The molecule has 5 nitrogen and oxygen atoms in total. The van der Waals surface area contributed by atoms with Crippen LogP contribution >= 0.6 is 0 Å². The van der Waals surface area contributed by atoms with Crippen molar-refractivity contribution in [3.05, 3.63) is 35.6 Å². The molecule has 0 atom stereocenters. The smallest absolute Gasteiger partial charge is 0.305 e. The van der Waals surface area contributed by atoms with Crippen LogP contribution in [0.2, 0.25) is 0 Å². The Morgan fingerprint density at radius 1 is 1.30 bits per heavy atom. The standard InChI is InChI=1S/C15H17NO4/c1-3-16(9-8-13(17)18)15(19)14-10(2)11-6-4-5-7-12(11)20-14/h4-7H,3,8-9H2,1-2H3,(H,17,18). The molecule has 1 amide bonds. The third kappa shape index (κ3) is 2.66. The summed E-state index contributed by atoms with van der Waals surface area (Å²) in [4.78, 5) is 24.5. The zero-order chi connectivity index (χ0) is 14.7. The zero-order valence-corrected chi connectivity index (χ0v) is 11.5. The van der Waals surface area contributed by atoms with Gasteiger partial charge >= 0.3 is 5.97 Å². The van der Waals surface area contributed by atoms with E-state index in [-0.39, 0.29) is 18.9 Å². The number of carboxylic acid groups (broad SMARTS) is 1. The van der Waals surface area contributed by atoms with E-state index in [1.54, 1.807) is 0 Å². The summed E-state index contributed by atoms with van der Waals surface area (Å²) in [7, 11) is 0. The van der Waals surface area contributed by atoms with E-state index in [1.807, 2.05) is 38.1 Å². The Labute approximate surface area is 116 Å². The van der Waals surface area contributed by atoms with Crippen molar-refractivity contribution < 1.29 is 19.1 Å². The van der Waals surface area contributed by atoms with E-state index in [2.05, 4.69) is 0 Å². The van der Waals surface area contributed by atoms with E-state index in [4.69, 9.17) is 9.52 Å². The summed E-state index contributed by atoms with van der Waals surface area (Å²) in [6.45, 7) is 4.28. The highest BCUT2D eigenvalue weighted by atomic mass is 16.4. The van der Waals surface area contributed by atoms with Crippen LogP contribution in [0.15, 0.2) is 28.7 Å². The Kier molecular flexibility index (Phi) is 4.08. The Hall–Kier alpha value is -2.30. The van der Waals surface area contributed by atoms with Gasteiger partial charge in [-0.25, -0.2) is 0 Å². The lowest BCUT2D eigenvalue weighted by atomic mass is 10.1. The van der Waals surface area contributed by atoms with Gasteiger partial charge < -0.3 is 14.4 Å². The van der Waals surface area contributed by atoms with E-state index >= 15 is 0 Å². The van der Waals surface area contributed by atoms with Gasteiger partial charge in [-0.1, -0.05) is 18.2 Å². The number of amides is 1. The SMILES string of the molecule is CCN(CCC(=O)O)C(=O)c1oc2ccccc2c1C. The molecule has 5 heteroatoms. The molecule has 106 valence electrons. The van der Waals surface area contributed by atoms with Crippen molar-refractivity contribution in [2.45, 2.75) is 20.3 Å². The maximum atomic E-state index is 12.4. The molecule has 1 aromatic heterocycles. The molecular weight excluding hydrogens is 258 g/mol. The van der Waals surface area contributed by atoms with Crippen molar-refractivity contribution in [2.75, 3.05) is 13.1 Å². The van der Waals surface area contributed by atoms with Gasteiger partial charge in [-0.15, -0.1) is 0 Å². The molecule has 0 aliphatic carbocycles. The number of furan rings is 1. The van der Waals surface area contributed by atoms with Crippen LogP contribution in [-0.4, -0.2) is 35.0 Å². The Morgan fingerprint density at radius 2 is 2.00 bits per heavy atom. The zero-order valence-electron chi connectivity index (χ0n) is 11.5. The number of carboxylic acids is 1. The average Bonchev–Trinajstić information content (AvgIpc) is 2.77. The summed E-state index contributed by atoms with van der Waals surface area (Å²) < 4.78 is 5.61. The van der Waals surface area contributed by atoms with Crippen LogP contribution in [-0.2, 0) is 4.79 Å². The second-order valence-electron chi connectivity index (χ2n) is 4.58. The monoisotopic (exact) mass is 275 g/mol. The molecule has 0 radical (unpaired) electrons. The van der Waals surface area contributed by atoms with Crippen LogP contribution in [0.5, 0.6) is 0 Å². The number of benzene rings is 1. The summed E-state index contributed by atoms with van der Waals surface area (Å²) >= 11 is 0. The van der Waals surface area contributed by atoms with Crippen molar-refractivity contribution >= 4 is 22.8 Å². The van der Waals surface area contributed by atoms with Gasteiger partial charge in [0.15, 0.2) is 5.76 Å². The first-order chi connectivity index (χ1) is 9.54. The highest BCUT2D eigenvalue weighted by molar-refractivity contribution is 5.99. The first kappa shape index (κ1) is 14.1. The summed E-state index contributed by atoms with van der Waals surface area (Å²) in [6.07, 6.45) is -0.0706. The van der Waals surface area contributed by atoms with Crippen LogP contribution in [0.25, 0.3) is 11.0 Å². The number of aliphatic carboxylic acids is 1. The number of fused-ring (bicyclic) bond motifs is 1. The highest BCUT2D eigenvalue weighted by Crippen LogP contribution is 2.25. The van der Waals surface area contributed by atoms with Crippen molar-refractivity contribution in [1.29, 1.82) is 0 Å². The number of para-hydroxylation sites is 1.